The van der Waals surface area contributed by atoms with Gasteiger partial charge in [-0.25, -0.2) is 26.7 Å². The Hall–Kier alpha value is -3.81. The van der Waals surface area contributed by atoms with E-state index in [0.717, 1.165) is 38.1 Å². The molecule has 0 aliphatic carbocycles. The number of nitrogens with one attached hydrogen (secondary N) is 3. The lowest BCUT2D eigenvalue weighted by Crippen LogP contribution is -2.29. The number of anilines is 2. The van der Waals surface area contributed by atoms with E-state index in [1.807, 2.05) is 0 Å². The van der Waals surface area contributed by atoms with Crippen molar-refractivity contribution in [2.75, 3.05) is 36.2 Å². The van der Waals surface area contributed by atoms with E-state index in [2.05, 4.69) is 43.5 Å². The number of hydrogen-bond acceptors (Lipinski definition) is 6. The summed E-state index contributed by atoms with van der Waals surface area (Å²) in [7, 11) is 1.47. The van der Waals surface area contributed by atoms with Crippen molar-refractivity contribution < 1.29 is 17.4 Å². The molecule has 9 nitrogen and oxygen atoms in total. The molecule has 3 N–H and O–H groups in total. The molecule has 42 heavy (non-hydrogen) atoms. The summed E-state index contributed by atoms with van der Waals surface area (Å²) in [6, 6.07) is 9.96. The van der Waals surface area contributed by atoms with Crippen molar-refractivity contribution >= 4 is 33.8 Å². The molecule has 0 bridgehead atoms. The largest absolute Gasteiger partial charge is 0.354 e. The van der Waals surface area contributed by atoms with E-state index in [4.69, 9.17) is 0 Å². The molecule has 2 aliphatic heterocycles. The van der Waals surface area contributed by atoms with E-state index in [1.54, 1.807) is 0 Å². The third kappa shape index (κ3) is 5.63. The van der Waals surface area contributed by atoms with Crippen LogP contribution in [0, 0.1) is 11.6 Å². The number of fused-ring (bicyclic) bond motifs is 2. The summed E-state index contributed by atoms with van der Waals surface area (Å²) in [5.74, 6) is -1.70. The normalized spacial score (nSPS) is 17.8. The molecule has 2 aromatic heterocycles. The summed E-state index contributed by atoms with van der Waals surface area (Å²) < 4.78 is 61.7. The van der Waals surface area contributed by atoms with Crippen molar-refractivity contribution in [1.82, 2.24) is 24.2 Å². The van der Waals surface area contributed by atoms with Crippen LogP contribution in [0.25, 0.3) is 22.2 Å². The van der Waals surface area contributed by atoms with E-state index >= 15 is 4.39 Å². The van der Waals surface area contributed by atoms with Gasteiger partial charge in [0, 0.05) is 44.8 Å². The van der Waals surface area contributed by atoms with Gasteiger partial charge in [0.05, 0.1) is 16.8 Å². The first-order valence-corrected chi connectivity index (χ1v) is 14.9. The number of pyridine rings is 1. The maximum absolute atomic E-state index is 15.6. The van der Waals surface area contributed by atoms with Crippen LogP contribution in [0.1, 0.15) is 23.1 Å². The fraction of sp³-hybridized carbons (Fsp3) is 0.345. The molecule has 2 aromatic carbocycles. The van der Waals surface area contributed by atoms with Gasteiger partial charge in [-0.15, -0.1) is 0 Å². The highest BCUT2D eigenvalue weighted by molar-refractivity contribution is 7.84. The van der Waals surface area contributed by atoms with Crippen molar-refractivity contribution in [2.24, 2.45) is 7.05 Å². The first-order chi connectivity index (χ1) is 20.3. The molecule has 13 heteroatoms. The second kappa shape index (κ2) is 11.8. The Labute approximate surface area is 242 Å². The molecule has 4 aromatic rings. The highest BCUT2D eigenvalue weighted by Crippen LogP contribution is 2.31. The van der Waals surface area contributed by atoms with Crippen LogP contribution < -0.4 is 20.9 Å². The third-order valence-corrected chi connectivity index (χ3v) is 8.88. The molecule has 2 atom stereocenters. The van der Waals surface area contributed by atoms with Crippen LogP contribution in [-0.4, -0.2) is 55.4 Å². The standard InChI is InChI=1S/C29H30F3N7O2S/c1-38-27-20(15-35-29(36-27)34-10-6-17-2-3-18-7-9-33-14-19(18)12-17)13-22(28(38)40)25-23(31)4-5-24(26(25)32)37-42(41)39-11-8-21(30)16-39/h2-5,12-13,15,21,33,37H,6-11,14,16H2,1H3,(H,34,35,36)/t21-,42?/m1/s1. The van der Waals surface area contributed by atoms with Crippen molar-refractivity contribution in [3.8, 4) is 11.1 Å². The zero-order valence-electron chi connectivity index (χ0n) is 22.9. The number of nitrogens with zero attached hydrogens (tertiary/aromatic N) is 4. The predicted molar refractivity (Wildman–Crippen MR) is 157 cm³/mol. The average Bonchev–Trinajstić information content (AvgIpc) is 3.43. The van der Waals surface area contributed by atoms with Gasteiger partial charge in [0.25, 0.3) is 5.56 Å². The van der Waals surface area contributed by atoms with Crippen LogP contribution in [0.3, 0.4) is 0 Å². The van der Waals surface area contributed by atoms with E-state index in [9.17, 15) is 17.8 Å². The van der Waals surface area contributed by atoms with E-state index in [0.29, 0.717) is 23.5 Å². The Morgan fingerprint density at radius 1 is 1.17 bits per heavy atom. The molecule has 0 radical (unpaired) electrons. The first-order valence-electron chi connectivity index (χ1n) is 13.8. The monoisotopic (exact) mass is 597 g/mol. The first kappa shape index (κ1) is 28.3. The van der Waals surface area contributed by atoms with Crippen molar-refractivity contribution in [3.63, 3.8) is 0 Å². The Balaban J connectivity index is 1.22. The molecule has 220 valence electrons. The quantitative estimate of drug-likeness (QED) is 0.287. The lowest BCUT2D eigenvalue weighted by molar-refractivity contribution is 0.347. The molecule has 0 spiro atoms. The summed E-state index contributed by atoms with van der Waals surface area (Å²) >= 11 is -1.93. The fourth-order valence-electron chi connectivity index (χ4n) is 5.39. The minimum atomic E-state index is -1.93. The fourth-order valence-corrected chi connectivity index (χ4v) is 6.44. The van der Waals surface area contributed by atoms with Crippen LogP contribution in [0.15, 0.2) is 47.4 Å². The molecule has 0 amide bonds. The predicted octanol–water partition coefficient (Wildman–Crippen LogP) is 3.61. The summed E-state index contributed by atoms with van der Waals surface area (Å²) in [4.78, 5) is 22.1. The molecule has 2 aliphatic rings. The topological polar surface area (TPSA) is 104 Å². The third-order valence-electron chi connectivity index (χ3n) is 7.69. The number of aromatic nitrogens is 3. The van der Waals surface area contributed by atoms with Crippen molar-refractivity contribution in [3.05, 3.63) is 81.3 Å². The Morgan fingerprint density at radius 3 is 2.83 bits per heavy atom. The van der Waals surface area contributed by atoms with Gasteiger partial charge in [0.1, 0.15) is 17.6 Å². The lowest BCUT2D eigenvalue weighted by Gasteiger charge is -2.18. The van der Waals surface area contributed by atoms with Gasteiger partial charge in [-0.1, -0.05) is 18.2 Å². The Morgan fingerprint density at radius 2 is 2.02 bits per heavy atom. The number of alkyl halides is 1. The Kier molecular flexibility index (Phi) is 7.97. The summed E-state index contributed by atoms with van der Waals surface area (Å²) in [6.45, 7) is 2.63. The highest BCUT2D eigenvalue weighted by Gasteiger charge is 2.28. The van der Waals surface area contributed by atoms with Crippen molar-refractivity contribution in [2.45, 2.75) is 32.0 Å². The van der Waals surface area contributed by atoms with Gasteiger partial charge in [0.15, 0.2) is 17.0 Å². The molecule has 1 fully saturated rings. The van der Waals surface area contributed by atoms with E-state index in [1.165, 1.54) is 44.9 Å². The molecule has 6 rings (SSSR count). The number of hydrogen-bond donors (Lipinski definition) is 3. The number of halogens is 3. The highest BCUT2D eigenvalue weighted by atomic mass is 32.2. The van der Waals surface area contributed by atoms with Gasteiger partial charge in [0.2, 0.25) is 5.95 Å². The van der Waals surface area contributed by atoms with Gasteiger partial charge in [-0.3, -0.25) is 14.1 Å². The van der Waals surface area contributed by atoms with Crippen molar-refractivity contribution in [1.29, 1.82) is 0 Å². The van der Waals surface area contributed by atoms with Crippen LogP contribution in [0.5, 0.6) is 0 Å². The minimum absolute atomic E-state index is 0.0525. The van der Waals surface area contributed by atoms with Crippen LogP contribution in [-0.2, 0) is 37.6 Å². The summed E-state index contributed by atoms with van der Waals surface area (Å²) in [6.07, 6.45) is 2.39. The zero-order chi connectivity index (χ0) is 29.4. The number of benzene rings is 2. The van der Waals surface area contributed by atoms with Gasteiger partial charge >= 0.3 is 0 Å². The molecular weight excluding hydrogens is 567 g/mol. The van der Waals surface area contributed by atoms with Crippen LogP contribution in [0.2, 0.25) is 0 Å². The van der Waals surface area contributed by atoms with Gasteiger partial charge < -0.3 is 10.6 Å². The molecular formula is C29H30F3N7O2S. The number of rotatable bonds is 8. The molecule has 1 unspecified atom stereocenters. The smallest absolute Gasteiger partial charge is 0.260 e. The minimum Gasteiger partial charge on any atom is -0.354 e. The summed E-state index contributed by atoms with van der Waals surface area (Å²) in [5, 5.41) is 6.98. The lowest BCUT2D eigenvalue weighted by atomic mass is 9.97. The van der Waals surface area contributed by atoms with E-state index in [-0.39, 0.29) is 30.8 Å². The second-order valence-electron chi connectivity index (χ2n) is 10.5. The van der Waals surface area contributed by atoms with Crippen LogP contribution >= 0.6 is 0 Å². The van der Waals surface area contributed by atoms with Gasteiger partial charge in [-0.2, -0.15) is 4.98 Å². The average molecular weight is 598 g/mol. The maximum Gasteiger partial charge on any atom is 0.260 e. The second-order valence-corrected chi connectivity index (χ2v) is 11.7. The van der Waals surface area contributed by atoms with Gasteiger partial charge in [-0.05, 0) is 60.7 Å². The maximum atomic E-state index is 15.6. The zero-order valence-corrected chi connectivity index (χ0v) is 23.7. The number of aryl methyl sites for hydroxylation is 1. The molecule has 0 saturated carbocycles. The SMILES string of the molecule is Cn1c(=O)c(-c2c(F)ccc(NS(=O)N3CC[C@@H](F)C3)c2F)cc2cnc(NCCc3ccc4c(c3)CNCC4)nc21. The summed E-state index contributed by atoms with van der Waals surface area (Å²) in [5.41, 5.74) is 2.46. The van der Waals surface area contributed by atoms with E-state index < -0.39 is 40.1 Å². The molecule has 4 heterocycles. The molecule has 1 saturated heterocycles. The van der Waals surface area contributed by atoms with Crippen LogP contribution in [0.4, 0.5) is 24.8 Å². The Bertz CT molecular complexity index is 1750.